The molecule has 0 saturated carbocycles. The van der Waals surface area contributed by atoms with Gasteiger partial charge in [0.25, 0.3) is 0 Å². The monoisotopic (exact) mass is 380 g/mol. The predicted molar refractivity (Wildman–Crippen MR) is 103 cm³/mol. The van der Waals surface area contributed by atoms with E-state index in [4.69, 9.17) is 0 Å². The van der Waals surface area contributed by atoms with E-state index in [2.05, 4.69) is 10.6 Å². The largest absolute Gasteiger partial charge is 0.388 e. The summed E-state index contributed by atoms with van der Waals surface area (Å²) in [4.78, 5) is 25.3. The number of carbonyl (C=O) groups is 2. The van der Waals surface area contributed by atoms with Crippen molar-refractivity contribution in [3.63, 3.8) is 0 Å². The number of aliphatic hydroxyl groups excluding tert-OH is 3. The van der Waals surface area contributed by atoms with E-state index >= 15 is 0 Å². The fraction of sp³-hybridized carbons (Fsp3) is 0.238. The highest BCUT2D eigenvalue weighted by Crippen LogP contribution is 2.39. The Morgan fingerprint density at radius 2 is 1.68 bits per heavy atom. The number of fused-ring (bicyclic) bond motifs is 3. The number of nitrogens with one attached hydrogen (secondary N) is 2. The molecule has 28 heavy (non-hydrogen) atoms. The highest BCUT2D eigenvalue weighted by atomic mass is 16.4. The van der Waals surface area contributed by atoms with Gasteiger partial charge in [-0.05, 0) is 24.1 Å². The third-order valence-electron chi connectivity index (χ3n) is 5.20. The van der Waals surface area contributed by atoms with Gasteiger partial charge in [0.05, 0.1) is 17.3 Å². The maximum Gasteiger partial charge on any atom is 0.250 e. The number of carbonyl (C=O) groups excluding carboxylic acids is 2. The van der Waals surface area contributed by atoms with Crippen molar-refractivity contribution in [1.82, 2.24) is 5.32 Å². The van der Waals surface area contributed by atoms with E-state index in [1.54, 1.807) is 31.2 Å². The zero-order chi connectivity index (χ0) is 20.0. The molecule has 144 valence electrons. The Morgan fingerprint density at radius 1 is 1.00 bits per heavy atom. The minimum atomic E-state index is -1.41. The fourth-order valence-corrected chi connectivity index (χ4v) is 3.71. The first-order valence-electron chi connectivity index (χ1n) is 8.99. The van der Waals surface area contributed by atoms with Gasteiger partial charge in [-0.15, -0.1) is 0 Å². The summed E-state index contributed by atoms with van der Waals surface area (Å²) in [5.41, 5.74) is 3.08. The number of rotatable bonds is 2. The second-order valence-corrected chi connectivity index (χ2v) is 7.05. The Kier molecular flexibility index (Phi) is 4.50. The van der Waals surface area contributed by atoms with Crippen molar-refractivity contribution in [1.29, 1.82) is 0 Å². The van der Waals surface area contributed by atoms with E-state index in [1.165, 1.54) is 0 Å². The van der Waals surface area contributed by atoms with Gasteiger partial charge < -0.3 is 26.0 Å². The number of piperidine rings is 1. The second-order valence-electron chi connectivity index (χ2n) is 7.05. The minimum Gasteiger partial charge on any atom is -0.388 e. The number of hydrogen-bond acceptors (Lipinski definition) is 6. The van der Waals surface area contributed by atoms with Crippen molar-refractivity contribution in [2.75, 3.05) is 5.32 Å². The first kappa shape index (κ1) is 18.4. The number of anilines is 1. The van der Waals surface area contributed by atoms with Gasteiger partial charge in [0.15, 0.2) is 5.78 Å². The van der Waals surface area contributed by atoms with Crippen molar-refractivity contribution < 1.29 is 24.9 Å². The standard InChI is InChI=1S/C21H20N2O5/c1-10-18(25)21(28)20(27)15(22-10)9-16(24)23-14-8-4-7-12-11-5-2-3-6-13(11)19(26)17(12)14/h2-10,18,20-22,25,27-28H,1H3,(H,23,24)/t10-,18+,20+,21+/m0/s1. The highest BCUT2D eigenvalue weighted by molar-refractivity contribution is 6.25. The summed E-state index contributed by atoms with van der Waals surface area (Å²) < 4.78 is 0. The predicted octanol–water partition coefficient (Wildman–Crippen LogP) is 0.795. The van der Waals surface area contributed by atoms with E-state index in [9.17, 15) is 24.9 Å². The highest BCUT2D eigenvalue weighted by Gasteiger charge is 2.37. The number of benzene rings is 2. The third kappa shape index (κ3) is 2.90. The topological polar surface area (TPSA) is 119 Å². The summed E-state index contributed by atoms with van der Waals surface area (Å²) in [6, 6.07) is 12.0. The summed E-state index contributed by atoms with van der Waals surface area (Å²) in [5, 5.41) is 35.3. The van der Waals surface area contributed by atoms with Crippen LogP contribution in [-0.4, -0.2) is 51.4 Å². The zero-order valence-corrected chi connectivity index (χ0v) is 15.1. The van der Waals surface area contributed by atoms with E-state index < -0.39 is 30.3 Å². The van der Waals surface area contributed by atoms with E-state index in [1.807, 2.05) is 18.2 Å². The maximum atomic E-state index is 12.8. The molecular weight excluding hydrogens is 360 g/mol. The Bertz CT molecular complexity index is 1000. The molecule has 0 radical (unpaired) electrons. The summed E-state index contributed by atoms with van der Waals surface area (Å²) in [6.07, 6.45) is -2.83. The van der Waals surface area contributed by atoms with Crippen LogP contribution in [0.1, 0.15) is 22.8 Å². The Labute approximate surface area is 161 Å². The van der Waals surface area contributed by atoms with E-state index in [0.29, 0.717) is 16.8 Å². The smallest absolute Gasteiger partial charge is 0.250 e. The van der Waals surface area contributed by atoms with Crippen LogP contribution in [0.2, 0.25) is 0 Å². The summed E-state index contributed by atoms with van der Waals surface area (Å²) >= 11 is 0. The van der Waals surface area contributed by atoms with Crippen LogP contribution in [0, 0.1) is 0 Å². The van der Waals surface area contributed by atoms with Gasteiger partial charge in [0, 0.05) is 17.3 Å². The van der Waals surface area contributed by atoms with Crippen molar-refractivity contribution in [3.05, 3.63) is 65.4 Å². The molecule has 2 aromatic rings. The summed E-state index contributed by atoms with van der Waals surface area (Å²) in [5.74, 6) is -0.716. The number of hydrogen-bond donors (Lipinski definition) is 5. The molecule has 7 heteroatoms. The van der Waals surface area contributed by atoms with Crippen LogP contribution in [0.5, 0.6) is 0 Å². The maximum absolute atomic E-state index is 12.8. The van der Waals surface area contributed by atoms with Crippen molar-refractivity contribution >= 4 is 17.4 Å². The molecular formula is C21H20N2O5. The van der Waals surface area contributed by atoms with Gasteiger partial charge in [-0.25, -0.2) is 0 Å². The molecule has 0 unspecified atom stereocenters. The molecule has 0 aromatic heterocycles. The average Bonchev–Trinajstić information content (AvgIpc) is 2.98. The van der Waals surface area contributed by atoms with Gasteiger partial charge in [0.2, 0.25) is 5.91 Å². The molecule has 2 aromatic carbocycles. The normalized spacial score (nSPS) is 27.1. The number of ketones is 1. The van der Waals surface area contributed by atoms with Crippen molar-refractivity contribution in [2.45, 2.75) is 31.3 Å². The molecule has 7 nitrogen and oxygen atoms in total. The second kappa shape index (κ2) is 6.87. The molecule has 1 aliphatic heterocycles. The minimum absolute atomic E-state index is 0.102. The van der Waals surface area contributed by atoms with Gasteiger partial charge in [-0.3, -0.25) is 9.59 Å². The zero-order valence-electron chi connectivity index (χ0n) is 15.1. The Balaban J connectivity index is 1.62. The molecule has 1 heterocycles. The van der Waals surface area contributed by atoms with Crippen LogP contribution in [-0.2, 0) is 4.79 Å². The van der Waals surface area contributed by atoms with Crippen LogP contribution in [0.15, 0.2) is 54.2 Å². The Hall–Kier alpha value is -3.00. The summed E-state index contributed by atoms with van der Waals surface area (Å²) in [6.45, 7) is 1.63. The molecule has 1 amide bonds. The molecule has 1 saturated heterocycles. The van der Waals surface area contributed by atoms with Gasteiger partial charge in [-0.2, -0.15) is 0 Å². The molecule has 4 rings (SSSR count). The SMILES string of the molecule is C[C@@H]1NC(=CC(=O)Nc2cccc3c2C(=O)c2ccccc2-3)[C@@H](O)[C@H](O)[C@@H]1O. The fourth-order valence-electron chi connectivity index (χ4n) is 3.71. The van der Waals surface area contributed by atoms with Gasteiger partial charge >= 0.3 is 0 Å². The number of amides is 1. The Morgan fingerprint density at radius 3 is 2.43 bits per heavy atom. The lowest BCUT2D eigenvalue weighted by molar-refractivity contribution is -0.112. The van der Waals surface area contributed by atoms with Crippen molar-refractivity contribution in [3.8, 4) is 11.1 Å². The van der Waals surface area contributed by atoms with Crippen LogP contribution < -0.4 is 10.6 Å². The molecule has 4 atom stereocenters. The quantitative estimate of drug-likeness (QED) is 0.420. The van der Waals surface area contributed by atoms with Crippen LogP contribution in [0.4, 0.5) is 5.69 Å². The van der Waals surface area contributed by atoms with Crippen molar-refractivity contribution in [2.24, 2.45) is 0 Å². The van der Waals surface area contributed by atoms with Crippen LogP contribution in [0.3, 0.4) is 0 Å². The van der Waals surface area contributed by atoms with Crippen LogP contribution in [0.25, 0.3) is 11.1 Å². The molecule has 1 fully saturated rings. The first-order chi connectivity index (χ1) is 13.4. The molecule has 2 aliphatic rings. The molecule has 1 aliphatic carbocycles. The van der Waals surface area contributed by atoms with Gasteiger partial charge in [-0.1, -0.05) is 36.4 Å². The molecule has 0 spiro atoms. The van der Waals surface area contributed by atoms with Crippen LogP contribution >= 0.6 is 0 Å². The molecule has 0 bridgehead atoms. The summed E-state index contributed by atoms with van der Waals surface area (Å²) in [7, 11) is 0. The molecule has 5 N–H and O–H groups in total. The van der Waals surface area contributed by atoms with E-state index in [-0.39, 0.29) is 11.5 Å². The van der Waals surface area contributed by atoms with Gasteiger partial charge in [0.1, 0.15) is 18.3 Å². The average molecular weight is 380 g/mol. The number of aliphatic hydroxyl groups is 3. The lowest BCUT2D eigenvalue weighted by Gasteiger charge is -2.36. The lowest BCUT2D eigenvalue weighted by Crippen LogP contribution is -2.57. The third-order valence-corrected chi connectivity index (χ3v) is 5.20. The van der Waals surface area contributed by atoms with E-state index in [0.717, 1.165) is 17.2 Å². The lowest BCUT2D eigenvalue weighted by atomic mass is 9.94. The first-order valence-corrected chi connectivity index (χ1v) is 8.99.